The molecule has 1 aliphatic rings. The van der Waals surface area contributed by atoms with E-state index in [2.05, 4.69) is 4.98 Å². The Morgan fingerprint density at radius 3 is 2.84 bits per heavy atom. The lowest BCUT2D eigenvalue weighted by molar-refractivity contribution is 0.257. The SMILES string of the molecule is Cl.Cn1cnc(S(=O)(=O)N2CCCC(CCN)C2)c1. The summed E-state index contributed by atoms with van der Waals surface area (Å²) in [6.45, 7) is 1.76. The van der Waals surface area contributed by atoms with Crippen molar-refractivity contribution in [3.8, 4) is 0 Å². The van der Waals surface area contributed by atoms with E-state index in [4.69, 9.17) is 5.73 Å². The van der Waals surface area contributed by atoms with E-state index in [1.54, 1.807) is 22.1 Å². The maximum absolute atomic E-state index is 12.4. The van der Waals surface area contributed by atoms with Gasteiger partial charge in [0.2, 0.25) is 0 Å². The van der Waals surface area contributed by atoms with E-state index in [0.29, 0.717) is 25.6 Å². The zero-order valence-electron chi connectivity index (χ0n) is 11.0. The molecule has 8 heteroatoms. The molecule has 6 nitrogen and oxygen atoms in total. The van der Waals surface area contributed by atoms with E-state index in [1.165, 1.54) is 6.33 Å². The lowest BCUT2D eigenvalue weighted by Gasteiger charge is -2.31. The molecule has 1 aromatic heterocycles. The third-order valence-electron chi connectivity index (χ3n) is 3.34. The number of imidazole rings is 1. The average molecular weight is 309 g/mol. The fraction of sp³-hybridized carbons (Fsp3) is 0.727. The van der Waals surface area contributed by atoms with Crippen LogP contribution in [-0.4, -0.2) is 41.9 Å². The zero-order valence-corrected chi connectivity index (χ0v) is 12.7. The molecule has 110 valence electrons. The van der Waals surface area contributed by atoms with Crippen molar-refractivity contribution in [1.29, 1.82) is 0 Å². The van der Waals surface area contributed by atoms with Gasteiger partial charge in [-0.3, -0.25) is 0 Å². The molecule has 1 atom stereocenters. The first-order chi connectivity index (χ1) is 8.54. The van der Waals surface area contributed by atoms with Crippen LogP contribution in [0.3, 0.4) is 0 Å². The number of aromatic nitrogens is 2. The van der Waals surface area contributed by atoms with Crippen LogP contribution < -0.4 is 5.73 Å². The summed E-state index contributed by atoms with van der Waals surface area (Å²) in [6.07, 6.45) is 5.90. The van der Waals surface area contributed by atoms with Crippen molar-refractivity contribution in [3.05, 3.63) is 12.5 Å². The molecule has 1 saturated heterocycles. The lowest BCUT2D eigenvalue weighted by atomic mass is 9.96. The molecule has 1 aliphatic heterocycles. The molecule has 0 aromatic carbocycles. The Morgan fingerprint density at radius 1 is 1.53 bits per heavy atom. The number of hydrogen-bond donors (Lipinski definition) is 1. The number of sulfonamides is 1. The Hall–Kier alpha value is -0.630. The molecule has 1 fully saturated rings. The Balaban J connectivity index is 0.00000180. The van der Waals surface area contributed by atoms with Gasteiger partial charge < -0.3 is 10.3 Å². The van der Waals surface area contributed by atoms with E-state index in [-0.39, 0.29) is 17.4 Å². The van der Waals surface area contributed by atoms with Crippen LogP contribution in [0, 0.1) is 5.92 Å². The van der Waals surface area contributed by atoms with Gasteiger partial charge >= 0.3 is 0 Å². The highest BCUT2D eigenvalue weighted by Crippen LogP contribution is 2.24. The van der Waals surface area contributed by atoms with Crippen molar-refractivity contribution in [2.24, 2.45) is 18.7 Å². The molecule has 1 unspecified atom stereocenters. The quantitative estimate of drug-likeness (QED) is 0.883. The molecular weight excluding hydrogens is 288 g/mol. The first-order valence-corrected chi connectivity index (χ1v) is 7.66. The number of halogens is 1. The van der Waals surface area contributed by atoms with Gasteiger partial charge in [0.15, 0.2) is 5.03 Å². The van der Waals surface area contributed by atoms with Crippen LogP contribution in [0.1, 0.15) is 19.3 Å². The van der Waals surface area contributed by atoms with E-state index in [9.17, 15) is 8.42 Å². The summed E-state index contributed by atoms with van der Waals surface area (Å²) in [5.74, 6) is 0.377. The number of nitrogens with two attached hydrogens (primary N) is 1. The van der Waals surface area contributed by atoms with Crippen LogP contribution >= 0.6 is 12.4 Å². The van der Waals surface area contributed by atoms with Gasteiger partial charge in [-0.15, -0.1) is 12.4 Å². The van der Waals surface area contributed by atoms with Gasteiger partial charge in [-0.05, 0) is 31.7 Å². The maximum atomic E-state index is 12.4. The smallest absolute Gasteiger partial charge is 0.262 e. The summed E-state index contributed by atoms with van der Waals surface area (Å²) in [7, 11) is -1.67. The number of rotatable bonds is 4. The summed E-state index contributed by atoms with van der Waals surface area (Å²) >= 11 is 0. The molecule has 0 bridgehead atoms. The highest BCUT2D eigenvalue weighted by Gasteiger charge is 2.31. The van der Waals surface area contributed by atoms with E-state index < -0.39 is 10.0 Å². The zero-order chi connectivity index (χ0) is 13.2. The van der Waals surface area contributed by atoms with E-state index in [1.807, 2.05) is 0 Å². The Labute approximate surface area is 120 Å². The highest BCUT2D eigenvalue weighted by molar-refractivity contribution is 7.89. The van der Waals surface area contributed by atoms with E-state index >= 15 is 0 Å². The second-order valence-electron chi connectivity index (χ2n) is 4.83. The first-order valence-electron chi connectivity index (χ1n) is 6.22. The van der Waals surface area contributed by atoms with Gasteiger partial charge in [0.05, 0.1) is 6.33 Å². The minimum absolute atomic E-state index is 0. The second kappa shape index (κ2) is 6.69. The number of aryl methyl sites for hydroxylation is 1. The second-order valence-corrected chi connectivity index (χ2v) is 6.71. The summed E-state index contributed by atoms with van der Waals surface area (Å²) in [6, 6.07) is 0. The molecule has 0 amide bonds. The van der Waals surface area contributed by atoms with Crippen LogP contribution in [-0.2, 0) is 17.1 Å². The molecule has 0 aliphatic carbocycles. The van der Waals surface area contributed by atoms with Crippen LogP contribution in [0.4, 0.5) is 0 Å². The van der Waals surface area contributed by atoms with Crippen molar-refractivity contribution >= 4 is 22.4 Å². The minimum atomic E-state index is -3.43. The van der Waals surface area contributed by atoms with Gasteiger partial charge in [0, 0.05) is 26.3 Å². The molecule has 2 heterocycles. The highest BCUT2D eigenvalue weighted by atomic mass is 35.5. The van der Waals surface area contributed by atoms with Crippen LogP contribution in [0.5, 0.6) is 0 Å². The first kappa shape index (κ1) is 16.4. The van der Waals surface area contributed by atoms with Crippen molar-refractivity contribution in [2.45, 2.75) is 24.3 Å². The molecule has 0 radical (unpaired) electrons. The number of piperidine rings is 1. The van der Waals surface area contributed by atoms with Crippen LogP contribution in [0.2, 0.25) is 0 Å². The predicted octanol–water partition coefficient (Wildman–Crippen LogP) is 0.591. The van der Waals surface area contributed by atoms with Crippen LogP contribution in [0.15, 0.2) is 17.6 Å². The lowest BCUT2D eigenvalue weighted by Crippen LogP contribution is -2.40. The van der Waals surface area contributed by atoms with Crippen molar-refractivity contribution < 1.29 is 8.42 Å². The summed E-state index contributed by atoms with van der Waals surface area (Å²) < 4.78 is 27.9. The minimum Gasteiger partial charge on any atom is -0.339 e. The van der Waals surface area contributed by atoms with Crippen LogP contribution in [0.25, 0.3) is 0 Å². The fourth-order valence-corrected chi connectivity index (χ4v) is 3.89. The van der Waals surface area contributed by atoms with Gasteiger partial charge in [-0.1, -0.05) is 0 Å². The van der Waals surface area contributed by atoms with Gasteiger partial charge in [-0.25, -0.2) is 13.4 Å². The van der Waals surface area contributed by atoms with Gasteiger partial charge in [0.25, 0.3) is 10.0 Å². The molecule has 0 saturated carbocycles. The van der Waals surface area contributed by atoms with Crippen molar-refractivity contribution in [3.63, 3.8) is 0 Å². The Morgan fingerprint density at radius 2 is 2.26 bits per heavy atom. The maximum Gasteiger partial charge on any atom is 0.262 e. The topological polar surface area (TPSA) is 81.2 Å². The molecule has 2 N–H and O–H groups in total. The standard InChI is InChI=1S/C11H20N4O2S.ClH/c1-14-8-11(13-9-14)18(16,17)15-6-2-3-10(7-15)4-5-12;/h8-10H,2-7,12H2,1H3;1H. The fourth-order valence-electron chi connectivity index (χ4n) is 2.37. The molecule has 19 heavy (non-hydrogen) atoms. The van der Waals surface area contributed by atoms with Gasteiger partial charge in [-0.2, -0.15) is 4.31 Å². The average Bonchev–Trinajstić information content (AvgIpc) is 2.77. The Kier molecular flexibility index (Phi) is 5.79. The normalized spacial score (nSPS) is 21.1. The molecule has 2 rings (SSSR count). The van der Waals surface area contributed by atoms with Crippen molar-refractivity contribution in [2.75, 3.05) is 19.6 Å². The number of hydrogen-bond acceptors (Lipinski definition) is 4. The molecular formula is C11H21ClN4O2S. The predicted molar refractivity (Wildman–Crippen MR) is 75.6 cm³/mol. The summed E-state index contributed by atoms with van der Waals surface area (Å²) in [5.41, 5.74) is 5.54. The van der Waals surface area contributed by atoms with Crippen molar-refractivity contribution in [1.82, 2.24) is 13.9 Å². The third kappa shape index (κ3) is 3.68. The summed E-state index contributed by atoms with van der Waals surface area (Å²) in [4.78, 5) is 3.94. The third-order valence-corrected chi connectivity index (χ3v) is 5.09. The van der Waals surface area contributed by atoms with E-state index in [0.717, 1.165) is 19.3 Å². The largest absolute Gasteiger partial charge is 0.339 e. The van der Waals surface area contributed by atoms with Gasteiger partial charge in [0.1, 0.15) is 0 Å². The number of nitrogens with zero attached hydrogens (tertiary/aromatic N) is 3. The monoisotopic (exact) mass is 308 g/mol. The summed E-state index contributed by atoms with van der Waals surface area (Å²) in [5, 5.41) is 0.137. The molecule has 1 aromatic rings. The molecule has 0 spiro atoms. The Bertz CT molecular complexity index is 501.